The molecule has 0 spiro atoms. The minimum absolute atomic E-state index is 0.121. The third-order valence-electron chi connectivity index (χ3n) is 4.79. The molecule has 1 aliphatic heterocycles. The fourth-order valence-electron chi connectivity index (χ4n) is 3.09. The Balaban J connectivity index is 1.42. The lowest BCUT2D eigenvalue weighted by Crippen LogP contribution is -2.29. The first-order valence-corrected chi connectivity index (χ1v) is 11.6. The summed E-state index contributed by atoms with van der Waals surface area (Å²) in [5.74, 6) is -0.805. The number of nitro benzene ring substituents is 1. The highest BCUT2D eigenvalue weighted by molar-refractivity contribution is 8.26. The Labute approximate surface area is 204 Å². The number of thiocarbonyl (C=S) groups is 1. The summed E-state index contributed by atoms with van der Waals surface area (Å²) in [7, 11) is 0. The summed E-state index contributed by atoms with van der Waals surface area (Å²) < 4.78 is 0.506. The van der Waals surface area contributed by atoms with Crippen LogP contribution in [0.4, 0.5) is 11.4 Å². The number of benzene rings is 2. The molecule has 0 atom stereocenters. The summed E-state index contributed by atoms with van der Waals surface area (Å²) >= 11 is 12.5. The van der Waals surface area contributed by atoms with Crippen molar-refractivity contribution in [3.8, 4) is 5.75 Å². The lowest BCUT2D eigenvalue weighted by molar-refractivity contribution is -0.384. The van der Waals surface area contributed by atoms with Crippen LogP contribution in [0.3, 0.4) is 0 Å². The molecule has 1 heterocycles. The van der Waals surface area contributed by atoms with E-state index in [1.54, 1.807) is 23.1 Å². The fraction of sp³-hybridized carbons (Fsp3) is 0.227. The van der Waals surface area contributed by atoms with Crippen LogP contribution < -0.4 is 5.32 Å². The van der Waals surface area contributed by atoms with Crippen molar-refractivity contribution in [3.05, 3.63) is 68.1 Å². The van der Waals surface area contributed by atoms with Crippen molar-refractivity contribution >= 4 is 69.2 Å². The standard InChI is InChI=1S/C22H20ClN3O5S2/c23-15-7-5-14(6-8-15)12-19-21(29)25(22(32)33-19)11-3-1-2-4-20(28)24-17-10-9-16(26(30)31)13-18(17)27/h5-10,12-13,27H,1-4,11H2,(H,24,28). The van der Waals surface area contributed by atoms with Crippen molar-refractivity contribution in [1.82, 2.24) is 4.90 Å². The van der Waals surface area contributed by atoms with Crippen LogP contribution in [-0.2, 0) is 9.59 Å². The molecule has 0 saturated carbocycles. The molecule has 1 aliphatic rings. The zero-order valence-electron chi connectivity index (χ0n) is 17.3. The van der Waals surface area contributed by atoms with E-state index in [1.165, 1.54) is 23.9 Å². The van der Waals surface area contributed by atoms with Gasteiger partial charge in [0.2, 0.25) is 5.91 Å². The van der Waals surface area contributed by atoms with Gasteiger partial charge in [-0.2, -0.15) is 0 Å². The van der Waals surface area contributed by atoms with Crippen LogP contribution in [0, 0.1) is 10.1 Å². The van der Waals surface area contributed by atoms with Crippen LogP contribution in [-0.4, -0.2) is 37.6 Å². The van der Waals surface area contributed by atoms with E-state index in [0.29, 0.717) is 40.1 Å². The molecule has 0 aromatic heterocycles. The summed E-state index contributed by atoms with van der Waals surface area (Å²) in [6.07, 6.45) is 3.96. The van der Waals surface area contributed by atoms with Gasteiger partial charge in [0.25, 0.3) is 11.6 Å². The number of non-ortho nitro benzene ring substituents is 1. The Hall–Kier alpha value is -2.95. The van der Waals surface area contributed by atoms with E-state index in [0.717, 1.165) is 11.6 Å². The molecule has 1 fully saturated rings. The minimum atomic E-state index is -0.628. The van der Waals surface area contributed by atoms with Crippen LogP contribution in [0.25, 0.3) is 6.08 Å². The van der Waals surface area contributed by atoms with Gasteiger partial charge in [-0.05, 0) is 42.7 Å². The molecule has 172 valence electrons. The molecule has 8 nitrogen and oxygen atoms in total. The molecule has 3 rings (SSSR count). The molecule has 0 unspecified atom stereocenters. The number of aromatic hydroxyl groups is 1. The predicted octanol–water partition coefficient (Wildman–Crippen LogP) is 5.35. The van der Waals surface area contributed by atoms with Gasteiger partial charge in [-0.3, -0.25) is 24.6 Å². The van der Waals surface area contributed by atoms with Crippen molar-refractivity contribution < 1.29 is 19.6 Å². The second kappa shape index (κ2) is 11.3. The van der Waals surface area contributed by atoms with Crippen LogP contribution in [0.5, 0.6) is 5.75 Å². The number of carbonyl (C=O) groups is 2. The third kappa shape index (κ3) is 6.77. The number of hydrogen-bond acceptors (Lipinski definition) is 7. The number of nitrogens with zero attached hydrogens (tertiary/aromatic N) is 2. The first kappa shape index (κ1) is 24.7. The van der Waals surface area contributed by atoms with Gasteiger partial charge >= 0.3 is 0 Å². The zero-order valence-corrected chi connectivity index (χ0v) is 19.7. The van der Waals surface area contributed by atoms with Gasteiger partial charge in [-0.15, -0.1) is 0 Å². The number of nitro groups is 1. The molecule has 2 N–H and O–H groups in total. The molecule has 0 bridgehead atoms. The van der Waals surface area contributed by atoms with Gasteiger partial charge in [0, 0.05) is 24.1 Å². The molecular weight excluding hydrogens is 486 g/mol. The number of halogens is 1. The maximum atomic E-state index is 12.7. The molecule has 33 heavy (non-hydrogen) atoms. The smallest absolute Gasteiger partial charge is 0.273 e. The number of phenols is 1. The molecule has 2 aromatic rings. The second-order valence-corrected chi connectivity index (χ2v) is 9.31. The Morgan fingerprint density at radius 2 is 1.94 bits per heavy atom. The number of nitrogens with one attached hydrogen (secondary N) is 1. The monoisotopic (exact) mass is 505 g/mol. The highest BCUT2D eigenvalue weighted by Crippen LogP contribution is 2.33. The van der Waals surface area contributed by atoms with Gasteiger partial charge in [-0.25, -0.2) is 0 Å². The minimum Gasteiger partial charge on any atom is -0.506 e. The Bertz CT molecular complexity index is 1120. The van der Waals surface area contributed by atoms with Crippen molar-refractivity contribution in [2.75, 3.05) is 11.9 Å². The third-order valence-corrected chi connectivity index (χ3v) is 6.42. The number of anilines is 1. The van der Waals surface area contributed by atoms with Gasteiger partial charge in [0.05, 0.1) is 21.6 Å². The number of thioether (sulfide) groups is 1. The predicted molar refractivity (Wildman–Crippen MR) is 133 cm³/mol. The number of carbonyl (C=O) groups excluding carboxylic acids is 2. The lowest BCUT2D eigenvalue weighted by Gasteiger charge is -2.14. The van der Waals surface area contributed by atoms with E-state index in [-0.39, 0.29) is 35.4 Å². The largest absolute Gasteiger partial charge is 0.506 e. The first-order valence-electron chi connectivity index (χ1n) is 10.0. The van der Waals surface area contributed by atoms with E-state index < -0.39 is 4.92 Å². The molecule has 1 saturated heterocycles. The quantitative estimate of drug-likeness (QED) is 0.118. The molecule has 0 aliphatic carbocycles. The second-order valence-electron chi connectivity index (χ2n) is 7.20. The van der Waals surface area contributed by atoms with Gasteiger partial charge in [-0.1, -0.05) is 54.1 Å². The average Bonchev–Trinajstić information content (AvgIpc) is 3.03. The molecular formula is C22H20ClN3O5S2. The number of hydrogen-bond donors (Lipinski definition) is 2. The van der Waals surface area contributed by atoms with Gasteiger partial charge in [0.1, 0.15) is 10.1 Å². The van der Waals surface area contributed by atoms with E-state index in [9.17, 15) is 24.8 Å². The number of phenolic OH excluding ortho intramolecular Hbond substituents is 1. The summed E-state index contributed by atoms with van der Waals surface area (Å²) in [6.45, 7) is 0.466. The summed E-state index contributed by atoms with van der Waals surface area (Å²) in [5, 5.41) is 23.7. The van der Waals surface area contributed by atoms with Crippen molar-refractivity contribution in [3.63, 3.8) is 0 Å². The molecule has 11 heteroatoms. The molecule has 2 aromatic carbocycles. The number of amides is 2. The normalized spacial score (nSPS) is 14.7. The maximum Gasteiger partial charge on any atom is 0.273 e. The van der Waals surface area contributed by atoms with E-state index in [2.05, 4.69) is 5.32 Å². The fourth-order valence-corrected chi connectivity index (χ4v) is 4.52. The van der Waals surface area contributed by atoms with Crippen molar-refractivity contribution in [2.24, 2.45) is 0 Å². The number of unbranched alkanes of at least 4 members (excludes halogenated alkanes) is 2. The van der Waals surface area contributed by atoms with Crippen molar-refractivity contribution in [1.29, 1.82) is 0 Å². The molecule has 0 radical (unpaired) electrons. The van der Waals surface area contributed by atoms with Gasteiger partial charge in [0.15, 0.2) is 0 Å². The zero-order chi connectivity index (χ0) is 24.0. The number of rotatable bonds is 9. The topological polar surface area (TPSA) is 113 Å². The Kier molecular flexibility index (Phi) is 8.43. The lowest BCUT2D eigenvalue weighted by atomic mass is 10.1. The van der Waals surface area contributed by atoms with E-state index in [4.69, 9.17) is 23.8 Å². The summed E-state index contributed by atoms with van der Waals surface area (Å²) in [6, 6.07) is 10.7. The highest BCUT2D eigenvalue weighted by atomic mass is 35.5. The summed E-state index contributed by atoms with van der Waals surface area (Å²) in [4.78, 5) is 36.9. The first-order chi connectivity index (χ1) is 15.7. The van der Waals surface area contributed by atoms with Crippen LogP contribution in [0.2, 0.25) is 5.02 Å². The Morgan fingerprint density at radius 1 is 1.21 bits per heavy atom. The van der Waals surface area contributed by atoms with Crippen molar-refractivity contribution in [2.45, 2.75) is 25.7 Å². The maximum absolute atomic E-state index is 12.7. The van der Waals surface area contributed by atoms with Crippen LogP contribution in [0.1, 0.15) is 31.2 Å². The van der Waals surface area contributed by atoms with E-state index in [1.807, 2.05) is 12.1 Å². The average molecular weight is 506 g/mol. The molecule has 2 amide bonds. The van der Waals surface area contributed by atoms with E-state index >= 15 is 0 Å². The van der Waals surface area contributed by atoms with Crippen LogP contribution in [0.15, 0.2) is 47.4 Å². The van der Waals surface area contributed by atoms with Crippen LogP contribution >= 0.6 is 35.6 Å². The SMILES string of the molecule is O=C(CCCCCN1C(=O)C(=Cc2ccc(Cl)cc2)SC1=S)Nc1ccc([N+](=O)[O-])cc1O. The highest BCUT2D eigenvalue weighted by Gasteiger charge is 2.31. The Morgan fingerprint density at radius 3 is 2.61 bits per heavy atom. The summed E-state index contributed by atoms with van der Waals surface area (Å²) in [5.41, 5.74) is 0.727. The van der Waals surface area contributed by atoms with Gasteiger partial charge < -0.3 is 10.4 Å².